The van der Waals surface area contributed by atoms with Crippen molar-refractivity contribution < 1.29 is 4.74 Å². The molecular weight excluding hydrogens is 218 g/mol. The van der Waals surface area contributed by atoms with E-state index in [4.69, 9.17) is 4.74 Å². The summed E-state index contributed by atoms with van der Waals surface area (Å²) >= 11 is 1.89. The minimum Gasteiger partial charge on any atom is -0.371 e. The molecule has 1 atom stereocenters. The van der Waals surface area contributed by atoms with Gasteiger partial charge in [0, 0.05) is 16.8 Å². The SMILES string of the molecule is CNC1([C@@H]2OCCc3sccc32)CCCC1. The number of hydrogen-bond acceptors (Lipinski definition) is 3. The van der Waals surface area contributed by atoms with Crippen LogP contribution in [0, 0.1) is 0 Å². The molecule has 0 bridgehead atoms. The minimum absolute atomic E-state index is 0.205. The number of fused-ring (bicyclic) bond motifs is 1. The fourth-order valence-corrected chi connectivity index (χ4v) is 4.14. The van der Waals surface area contributed by atoms with Crippen LogP contribution in [0.5, 0.6) is 0 Å². The molecule has 88 valence electrons. The van der Waals surface area contributed by atoms with E-state index in [9.17, 15) is 0 Å². The molecule has 1 N–H and O–H groups in total. The van der Waals surface area contributed by atoms with Crippen LogP contribution < -0.4 is 5.32 Å². The van der Waals surface area contributed by atoms with Gasteiger partial charge in [-0.25, -0.2) is 0 Å². The average Bonchev–Trinajstić information content (AvgIpc) is 2.98. The molecule has 0 unspecified atom stereocenters. The lowest BCUT2D eigenvalue weighted by Crippen LogP contribution is -2.48. The van der Waals surface area contributed by atoms with Crippen LogP contribution in [0.4, 0.5) is 0 Å². The lowest BCUT2D eigenvalue weighted by atomic mass is 9.85. The molecule has 1 aromatic rings. The summed E-state index contributed by atoms with van der Waals surface area (Å²) in [5.74, 6) is 0. The Kier molecular flexibility index (Phi) is 2.78. The third kappa shape index (κ3) is 1.53. The Bertz CT molecular complexity index is 368. The minimum atomic E-state index is 0.205. The van der Waals surface area contributed by atoms with Crippen LogP contribution in [-0.2, 0) is 11.2 Å². The van der Waals surface area contributed by atoms with Gasteiger partial charge >= 0.3 is 0 Å². The molecule has 0 saturated heterocycles. The molecule has 1 aliphatic heterocycles. The molecule has 2 nitrogen and oxygen atoms in total. The molecule has 3 rings (SSSR count). The van der Waals surface area contributed by atoms with Gasteiger partial charge in [-0.1, -0.05) is 12.8 Å². The predicted octanol–water partition coefficient (Wildman–Crippen LogP) is 2.89. The number of nitrogens with one attached hydrogen (secondary N) is 1. The maximum atomic E-state index is 6.09. The van der Waals surface area contributed by atoms with Crippen LogP contribution >= 0.6 is 11.3 Å². The highest BCUT2D eigenvalue weighted by atomic mass is 32.1. The van der Waals surface area contributed by atoms with Gasteiger partial charge in [0.15, 0.2) is 0 Å². The number of likely N-dealkylation sites (N-methyl/N-ethyl adjacent to an activating group) is 1. The molecule has 0 spiro atoms. The van der Waals surface area contributed by atoms with Gasteiger partial charge in [0.25, 0.3) is 0 Å². The van der Waals surface area contributed by atoms with Crippen molar-refractivity contribution in [1.82, 2.24) is 5.32 Å². The monoisotopic (exact) mass is 237 g/mol. The quantitative estimate of drug-likeness (QED) is 0.854. The third-order valence-corrected chi connectivity index (χ3v) is 5.17. The van der Waals surface area contributed by atoms with E-state index in [1.807, 2.05) is 11.3 Å². The standard InChI is InChI=1S/C13H19NOS/c1-14-13(6-2-3-7-13)12-10-5-9-16-11(10)4-8-15-12/h5,9,12,14H,2-4,6-8H2,1H3/t12-/m1/s1. The van der Waals surface area contributed by atoms with Crippen LogP contribution in [0.3, 0.4) is 0 Å². The second-order valence-corrected chi connectivity index (χ2v) is 5.91. The molecule has 1 fully saturated rings. The summed E-state index contributed by atoms with van der Waals surface area (Å²) in [5.41, 5.74) is 1.66. The first-order valence-corrected chi connectivity index (χ1v) is 7.10. The first-order chi connectivity index (χ1) is 7.86. The first kappa shape index (κ1) is 10.8. The zero-order chi connectivity index (χ0) is 11.0. The molecule has 3 heteroatoms. The van der Waals surface area contributed by atoms with Crippen molar-refractivity contribution >= 4 is 11.3 Å². The Hall–Kier alpha value is -0.380. The van der Waals surface area contributed by atoms with Crippen molar-refractivity contribution in [1.29, 1.82) is 0 Å². The highest BCUT2D eigenvalue weighted by Gasteiger charge is 2.43. The third-order valence-electron chi connectivity index (χ3n) is 4.17. The van der Waals surface area contributed by atoms with Gasteiger partial charge in [-0.05, 0) is 36.9 Å². The summed E-state index contributed by atoms with van der Waals surface area (Å²) in [7, 11) is 2.09. The lowest BCUT2D eigenvalue weighted by Gasteiger charge is -2.39. The normalized spacial score (nSPS) is 27.9. The van der Waals surface area contributed by atoms with E-state index in [1.54, 1.807) is 0 Å². The maximum absolute atomic E-state index is 6.09. The van der Waals surface area contributed by atoms with E-state index >= 15 is 0 Å². The summed E-state index contributed by atoms with van der Waals surface area (Å²) in [6.45, 7) is 0.890. The van der Waals surface area contributed by atoms with E-state index in [1.165, 1.54) is 36.1 Å². The van der Waals surface area contributed by atoms with E-state index in [2.05, 4.69) is 23.8 Å². The molecule has 2 aliphatic rings. The Balaban J connectivity index is 1.96. The van der Waals surface area contributed by atoms with Gasteiger partial charge in [-0.15, -0.1) is 11.3 Å². The summed E-state index contributed by atoms with van der Waals surface area (Å²) in [5, 5.41) is 5.77. The molecule has 0 radical (unpaired) electrons. The van der Waals surface area contributed by atoms with Crippen molar-refractivity contribution in [2.45, 2.75) is 43.7 Å². The van der Waals surface area contributed by atoms with Gasteiger partial charge in [-0.2, -0.15) is 0 Å². The fraction of sp³-hybridized carbons (Fsp3) is 0.692. The average molecular weight is 237 g/mol. The summed E-state index contributed by atoms with van der Waals surface area (Å²) < 4.78 is 6.09. The molecule has 0 aromatic carbocycles. The van der Waals surface area contributed by atoms with E-state index < -0.39 is 0 Å². The fourth-order valence-electron chi connectivity index (χ4n) is 3.25. The second-order valence-electron chi connectivity index (χ2n) is 4.91. The van der Waals surface area contributed by atoms with Crippen LogP contribution in [-0.4, -0.2) is 19.2 Å². The number of rotatable bonds is 2. The van der Waals surface area contributed by atoms with Crippen molar-refractivity contribution in [2.24, 2.45) is 0 Å². The Morgan fingerprint density at radius 3 is 3.00 bits per heavy atom. The van der Waals surface area contributed by atoms with Crippen molar-refractivity contribution in [2.75, 3.05) is 13.7 Å². The zero-order valence-corrected chi connectivity index (χ0v) is 10.6. The van der Waals surface area contributed by atoms with Gasteiger partial charge < -0.3 is 10.1 Å². The lowest BCUT2D eigenvalue weighted by molar-refractivity contribution is -0.0214. The van der Waals surface area contributed by atoms with Crippen LogP contribution in [0.2, 0.25) is 0 Å². The van der Waals surface area contributed by atoms with Crippen LogP contribution in [0.25, 0.3) is 0 Å². The molecule has 16 heavy (non-hydrogen) atoms. The van der Waals surface area contributed by atoms with Crippen molar-refractivity contribution in [3.05, 3.63) is 21.9 Å². The molecule has 0 amide bonds. The van der Waals surface area contributed by atoms with Gasteiger partial charge in [0.1, 0.15) is 6.10 Å². The summed E-state index contributed by atoms with van der Waals surface area (Å²) in [4.78, 5) is 1.54. The summed E-state index contributed by atoms with van der Waals surface area (Å²) in [6, 6.07) is 2.27. The largest absolute Gasteiger partial charge is 0.371 e. The molecule has 1 saturated carbocycles. The molecular formula is C13H19NOS. The smallest absolute Gasteiger partial charge is 0.102 e. The van der Waals surface area contributed by atoms with Gasteiger partial charge in [-0.3, -0.25) is 0 Å². The number of hydrogen-bond donors (Lipinski definition) is 1. The second kappa shape index (κ2) is 4.13. The molecule has 2 heterocycles. The van der Waals surface area contributed by atoms with E-state index in [0.29, 0.717) is 0 Å². The van der Waals surface area contributed by atoms with Crippen molar-refractivity contribution in [3.8, 4) is 0 Å². The summed E-state index contributed by atoms with van der Waals surface area (Å²) in [6.07, 6.45) is 6.56. The number of thiophene rings is 1. The van der Waals surface area contributed by atoms with Gasteiger partial charge in [0.05, 0.1) is 6.61 Å². The molecule has 1 aliphatic carbocycles. The highest BCUT2D eigenvalue weighted by molar-refractivity contribution is 7.10. The predicted molar refractivity (Wildman–Crippen MR) is 67.0 cm³/mol. The Labute approximate surface area is 101 Å². The Morgan fingerprint density at radius 2 is 2.25 bits per heavy atom. The topological polar surface area (TPSA) is 21.3 Å². The van der Waals surface area contributed by atoms with E-state index in [0.717, 1.165) is 13.0 Å². The zero-order valence-electron chi connectivity index (χ0n) is 9.79. The van der Waals surface area contributed by atoms with Crippen LogP contribution in [0.1, 0.15) is 42.2 Å². The van der Waals surface area contributed by atoms with Crippen LogP contribution in [0.15, 0.2) is 11.4 Å². The number of ether oxygens (including phenoxy) is 1. The van der Waals surface area contributed by atoms with Crippen molar-refractivity contribution in [3.63, 3.8) is 0 Å². The highest BCUT2D eigenvalue weighted by Crippen LogP contribution is 2.45. The first-order valence-electron chi connectivity index (χ1n) is 6.22. The Morgan fingerprint density at radius 1 is 1.44 bits per heavy atom. The molecule has 1 aromatic heterocycles. The van der Waals surface area contributed by atoms with E-state index in [-0.39, 0.29) is 11.6 Å². The van der Waals surface area contributed by atoms with Gasteiger partial charge in [0.2, 0.25) is 0 Å². The maximum Gasteiger partial charge on any atom is 0.102 e.